The summed E-state index contributed by atoms with van der Waals surface area (Å²) in [6.07, 6.45) is 1.62. The highest BCUT2D eigenvalue weighted by Crippen LogP contribution is 2.22. The predicted octanol–water partition coefficient (Wildman–Crippen LogP) is 2.02. The lowest BCUT2D eigenvalue weighted by atomic mass is 10.0. The van der Waals surface area contributed by atoms with Crippen LogP contribution in [0.5, 0.6) is 0 Å². The Kier molecular flexibility index (Phi) is 5.72. The van der Waals surface area contributed by atoms with Crippen molar-refractivity contribution in [1.82, 2.24) is 9.47 Å². The van der Waals surface area contributed by atoms with Gasteiger partial charge in [-0.3, -0.25) is 9.59 Å². The number of aryl methyl sites for hydroxylation is 1. The van der Waals surface area contributed by atoms with Gasteiger partial charge in [-0.1, -0.05) is 22.0 Å². The van der Waals surface area contributed by atoms with Crippen LogP contribution in [0, 0.1) is 6.92 Å². The summed E-state index contributed by atoms with van der Waals surface area (Å²) >= 11 is 3.48. The van der Waals surface area contributed by atoms with E-state index in [4.69, 9.17) is 0 Å². The van der Waals surface area contributed by atoms with Crippen molar-refractivity contribution in [2.75, 3.05) is 31.1 Å². The van der Waals surface area contributed by atoms with E-state index in [-0.39, 0.29) is 18.0 Å². The molecule has 144 valence electrons. The molecule has 1 unspecified atom stereocenters. The van der Waals surface area contributed by atoms with Gasteiger partial charge >= 0.3 is 0 Å². The zero-order chi connectivity index (χ0) is 19.6. The van der Waals surface area contributed by atoms with E-state index in [2.05, 4.69) is 26.9 Å². The fourth-order valence-corrected chi connectivity index (χ4v) is 3.71. The zero-order valence-electron chi connectivity index (χ0n) is 15.6. The Morgan fingerprint density at radius 2 is 1.89 bits per heavy atom. The Bertz CT molecular complexity index is 886. The highest BCUT2D eigenvalue weighted by atomic mass is 79.9. The van der Waals surface area contributed by atoms with Crippen LogP contribution in [0.4, 0.5) is 5.69 Å². The second-order valence-electron chi connectivity index (χ2n) is 7.20. The topological polar surface area (TPSA) is 65.8 Å². The summed E-state index contributed by atoms with van der Waals surface area (Å²) < 4.78 is 2.40. The van der Waals surface area contributed by atoms with E-state index < -0.39 is 5.60 Å². The molecule has 1 fully saturated rings. The number of nitrogens with zero attached hydrogens (tertiary/aromatic N) is 3. The number of anilines is 1. The smallest absolute Gasteiger partial charge is 0.256 e. The van der Waals surface area contributed by atoms with Crippen LogP contribution >= 0.6 is 15.9 Å². The van der Waals surface area contributed by atoms with Gasteiger partial charge in [0.2, 0.25) is 0 Å². The lowest BCUT2D eigenvalue weighted by Gasteiger charge is -2.39. The number of halogens is 1. The van der Waals surface area contributed by atoms with Crippen molar-refractivity contribution in [2.24, 2.45) is 0 Å². The van der Waals surface area contributed by atoms with Crippen LogP contribution in [0.2, 0.25) is 0 Å². The molecule has 7 heteroatoms. The molecule has 1 aliphatic rings. The number of pyridine rings is 1. The minimum absolute atomic E-state index is 0.0587. The minimum atomic E-state index is -1.63. The van der Waals surface area contributed by atoms with Crippen molar-refractivity contribution >= 4 is 27.5 Å². The van der Waals surface area contributed by atoms with E-state index >= 15 is 0 Å². The van der Waals surface area contributed by atoms with E-state index in [1.807, 2.05) is 25.1 Å². The summed E-state index contributed by atoms with van der Waals surface area (Å²) in [5, 5.41) is 10.7. The zero-order valence-corrected chi connectivity index (χ0v) is 17.1. The molecule has 0 saturated carbocycles. The number of aromatic nitrogens is 1. The van der Waals surface area contributed by atoms with E-state index in [9.17, 15) is 14.7 Å². The van der Waals surface area contributed by atoms with E-state index in [0.29, 0.717) is 26.2 Å². The third-order valence-corrected chi connectivity index (χ3v) is 5.32. The first-order valence-electron chi connectivity index (χ1n) is 8.96. The highest BCUT2D eigenvalue weighted by molar-refractivity contribution is 9.10. The van der Waals surface area contributed by atoms with Gasteiger partial charge in [0.05, 0.1) is 6.54 Å². The normalized spacial score (nSPS) is 16.9. The first-order chi connectivity index (χ1) is 12.8. The fraction of sp³-hybridized carbons (Fsp3) is 0.400. The number of aliphatic hydroxyl groups is 1. The second kappa shape index (κ2) is 7.86. The van der Waals surface area contributed by atoms with Crippen LogP contribution in [0.1, 0.15) is 12.5 Å². The summed E-state index contributed by atoms with van der Waals surface area (Å²) in [7, 11) is 0. The Labute approximate surface area is 167 Å². The molecule has 0 radical (unpaired) electrons. The van der Waals surface area contributed by atoms with Gasteiger partial charge in [0, 0.05) is 48.6 Å². The summed E-state index contributed by atoms with van der Waals surface area (Å²) in [6.45, 7) is 5.71. The van der Waals surface area contributed by atoms with Crippen molar-refractivity contribution in [3.05, 3.63) is 63.0 Å². The average molecular weight is 434 g/mol. The van der Waals surface area contributed by atoms with Crippen LogP contribution in [0.15, 0.2) is 51.9 Å². The predicted molar refractivity (Wildman–Crippen MR) is 109 cm³/mol. The summed E-state index contributed by atoms with van der Waals surface area (Å²) in [5.74, 6) is -0.344. The Hall–Kier alpha value is -2.12. The fourth-order valence-electron chi connectivity index (χ4n) is 3.32. The molecule has 1 aromatic carbocycles. The maximum Gasteiger partial charge on any atom is 0.256 e. The molecule has 1 N–H and O–H groups in total. The molecule has 1 aliphatic heterocycles. The first kappa shape index (κ1) is 19.6. The van der Waals surface area contributed by atoms with Gasteiger partial charge in [-0.25, -0.2) is 0 Å². The molecule has 1 aromatic heterocycles. The van der Waals surface area contributed by atoms with Gasteiger partial charge in [0.15, 0.2) is 5.60 Å². The number of carbonyl (C=O) groups excluding carboxylic acids is 1. The molecule has 1 atom stereocenters. The average Bonchev–Trinajstić information content (AvgIpc) is 2.63. The number of hydrogen-bond acceptors (Lipinski definition) is 4. The Morgan fingerprint density at radius 3 is 2.52 bits per heavy atom. The van der Waals surface area contributed by atoms with E-state index in [1.54, 1.807) is 17.2 Å². The number of rotatable bonds is 4. The van der Waals surface area contributed by atoms with Crippen LogP contribution in [0.25, 0.3) is 0 Å². The number of benzene rings is 1. The molecule has 1 saturated heterocycles. The number of piperazine rings is 1. The molecule has 27 heavy (non-hydrogen) atoms. The molecule has 6 nitrogen and oxygen atoms in total. The van der Waals surface area contributed by atoms with Crippen molar-refractivity contribution < 1.29 is 9.90 Å². The molecule has 1 amide bonds. The maximum absolute atomic E-state index is 12.8. The van der Waals surface area contributed by atoms with Crippen molar-refractivity contribution in [3.63, 3.8) is 0 Å². The Morgan fingerprint density at radius 1 is 1.19 bits per heavy atom. The third-order valence-electron chi connectivity index (χ3n) is 4.83. The van der Waals surface area contributed by atoms with E-state index in [0.717, 1.165) is 15.7 Å². The number of carbonyl (C=O) groups is 1. The lowest BCUT2D eigenvalue weighted by molar-refractivity contribution is -0.151. The van der Waals surface area contributed by atoms with Crippen LogP contribution in [-0.2, 0) is 11.3 Å². The summed E-state index contributed by atoms with van der Waals surface area (Å²) in [4.78, 5) is 28.8. The lowest BCUT2D eigenvalue weighted by Crippen LogP contribution is -2.56. The van der Waals surface area contributed by atoms with Gasteiger partial charge in [-0.05, 0) is 43.7 Å². The molecule has 0 bridgehead atoms. The molecule has 0 aliphatic carbocycles. The van der Waals surface area contributed by atoms with Crippen molar-refractivity contribution in [2.45, 2.75) is 26.0 Å². The van der Waals surface area contributed by atoms with Gasteiger partial charge in [0.1, 0.15) is 0 Å². The quantitative estimate of drug-likeness (QED) is 0.800. The largest absolute Gasteiger partial charge is 0.378 e. The van der Waals surface area contributed by atoms with Gasteiger partial charge < -0.3 is 19.5 Å². The first-order valence-corrected chi connectivity index (χ1v) is 9.75. The van der Waals surface area contributed by atoms with E-state index in [1.165, 1.54) is 17.6 Å². The molecular formula is C20H24BrN3O3. The van der Waals surface area contributed by atoms with Gasteiger partial charge in [-0.15, -0.1) is 0 Å². The van der Waals surface area contributed by atoms with Crippen LogP contribution in [-0.4, -0.2) is 52.3 Å². The SMILES string of the molecule is Cc1ccn(CC(C)(O)C(=O)N2CCN(c3cccc(Br)c3)CC2)c(=O)c1. The van der Waals surface area contributed by atoms with Crippen molar-refractivity contribution in [3.8, 4) is 0 Å². The maximum atomic E-state index is 12.8. The van der Waals surface area contributed by atoms with Gasteiger partial charge in [-0.2, -0.15) is 0 Å². The van der Waals surface area contributed by atoms with Crippen LogP contribution in [0.3, 0.4) is 0 Å². The molecular weight excluding hydrogens is 410 g/mol. The molecule has 2 aromatic rings. The highest BCUT2D eigenvalue weighted by Gasteiger charge is 2.36. The summed E-state index contributed by atoms with van der Waals surface area (Å²) in [6, 6.07) is 11.4. The molecule has 3 rings (SSSR count). The van der Waals surface area contributed by atoms with Crippen molar-refractivity contribution in [1.29, 1.82) is 0 Å². The van der Waals surface area contributed by atoms with Gasteiger partial charge in [0.25, 0.3) is 11.5 Å². The standard InChI is InChI=1S/C20H24BrN3O3/c1-15-6-7-24(18(25)12-15)14-20(2,27)19(26)23-10-8-22(9-11-23)17-5-3-4-16(21)13-17/h3-7,12-13,27H,8-11,14H2,1-2H3. The second-order valence-corrected chi connectivity index (χ2v) is 8.12. The third kappa shape index (κ3) is 4.59. The molecule has 0 spiro atoms. The number of hydrogen-bond donors (Lipinski definition) is 1. The monoisotopic (exact) mass is 433 g/mol. The van der Waals surface area contributed by atoms with Crippen LogP contribution < -0.4 is 10.5 Å². The number of amides is 1. The summed E-state index contributed by atoms with van der Waals surface area (Å²) in [5.41, 5.74) is 0.111. The molecule has 2 heterocycles. The minimum Gasteiger partial charge on any atom is -0.378 e. The Balaban J connectivity index is 1.64.